The van der Waals surface area contributed by atoms with Crippen LogP contribution < -0.4 is 15.5 Å². The van der Waals surface area contributed by atoms with E-state index in [9.17, 15) is 19.2 Å². The summed E-state index contributed by atoms with van der Waals surface area (Å²) in [6.45, 7) is 2.76. The molecule has 0 aliphatic carbocycles. The quantitative estimate of drug-likeness (QED) is 0.545. The van der Waals surface area contributed by atoms with Crippen molar-refractivity contribution in [2.75, 3.05) is 16.8 Å². The van der Waals surface area contributed by atoms with Gasteiger partial charge in [-0.3, -0.25) is 24.2 Å². The Morgan fingerprint density at radius 3 is 2.14 bits per heavy atom. The molecule has 0 saturated carbocycles. The molecule has 0 unspecified atom stereocenters. The minimum Gasteiger partial charge on any atom is -0.322 e. The van der Waals surface area contributed by atoms with Gasteiger partial charge in [0.25, 0.3) is 5.91 Å². The topological polar surface area (TPSA) is 98.8 Å². The number of hydrogen-bond acceptors (Lipinski definition) is 4. The predicted octanol–water partition coefficient (Wildman–Crippen LogP) is 3.44. The van der Waals surface area contributed by atoms with Gasteiger partial charge in [0, 0.05) is 6.42 Å². The number of urea groups is 1. The fourth-order valence-electron chi connectivity index (χ4n) is 4.92. The van der Waals surface area contributed by atoms with E-state index >= 15 is 0 Å². The van der Waals surface area contributed by atoms with E-state index in [0.29, 0.717) is 16.9 Å². The molecule has 0 radical (unpaired) electrons. The summed E-state index contributed by atoms with van der Waals surface area (Å²) >= 11 is 0. The second-order valence-corrected chi connectivity index (χ2v) is 9.51. The van der Waals surface area contributed by atoms with E-state index in [-0.39, 0.29) is 12.3 Å². The fourth-order valence-corrected chi connectivity index (χ4v) is 4.92. The lowest BCUT2D eigenvalue weighted by atomic mass is 9.83. The molecule has 3 aromatic carbocycles. The van der Waals surface area contributed by atoms with Crippen LogP contribution >= 0.6 is 0 Å². The van der Waals surface area contributed by atoms with Gasteiger partial charge in [-0.25, -0.2) is 4.79 Å². The number of anilines is 2. The molecule has 3 aromatic rings. The van der Waals surface area contributed by atoms with Crippen LogP contribution in [0.5, 0.6) is 0 Å². The Kier molecular flexibility index (Phi) is 5.59. The first-order chi connectivity index (χ1) is 17.2. The van der Waals surface area contributed by atoms with E-state index in [1.165, 1.54) is 4.90 Å². The number of imide groups is 1. The van der Waals surface area contributed by atoms with Gasteiger partial charge in [-0.2, -0.15) is 0 Å². The van der Waals surface area contributed by atoms with Crippen molar-refractivity contribution in [3.8, 4) is 0 Å². The number of benzene rings is 3. The zero-order chi connectivity index (χ0) is 25.5. The van der Waals surface area contributed by atoms with Crippen molar-refractivity contribution in [2.45, 2.75) is 31.3 Å². The SMILES string of the molecule is CC1(C)C(=O)Nc2ccccc2N1C(=O)CN1C(=O)N[C@@](Cc2ccccc2)(c2ccccc2)C1=O. The molecule has 2 aliphatic rings. The van der Waals surface area contributed by atoms with Gasteiger partial charge in [0.15, 0.2) is 5.54 Å². The van der Waals surface area contributed by atoms with E-state index in [4.69, 9.17) is 0 Å². The summed E-state index contributed by atoms with van der Waals surface area (Å²) in [4.78, 5) is 55.9. The molecule has 8 nitrogen and oxygen atoms in total. The summed E-state index contributed by atoms with van der Waals surface area (Å²) in [6, 6.07) is 24.7. The van der Waals surface area contributed by atoms with E-state index < -0.39 is 35.5 Å². The van der Waals surface area contributed by atoms with Crippen molar-refractivity contribution < 1.29 is 19.2 Å². The first kappa shape index (κ1) is 23.3. The fraction of sp³-hybridized carbons (Fsp3) is 0.214. The molecule has 182 valence electrons. The highest BCUT2D eigenvalue weighted by atomic mass is 16.2. The Morgan fingerprint density at radius 2 is 1.44 bits per heavy atom. The van der Waals surface area contributed by atoms with Crippen LogP contribution in [0, 0.1) is 0 Å². The van der Waals surface area contributed by atoms with E-state index in [1.807, 2.05) is 36.4 Å². The minimum absolute atomic E-state index is 0.230. The maximum atomic E-state index is 13.9. The third kappa shape index (κ3) is 3.71. The van der Waals surface area contributed by atoms with Gasteiger partial charge in [0.2, 0.25) is 11.8 Å². The monoisotopic (exact) mass is 482 g/mol. The van der Waals surface area contributed by atoms with Crippen LogP contribution in [0.25, 0.3) is 0 Å². The first-order valence-corrected chi connectivity index (χ1v) is 11.7. The van der Waals surface area contributed by atoms with Crippen molar-refractivity contribution in [1.82, 2.24) is 10.2 Å². The second kappa shape index (κ2) is 8.64. The lowest BCUT2D eigenvalue weighted by molar-refractivity contribution is -0.135. The van der Waals surface area contributed by atoms with Gasteiger partial charge >= 0.3 is 6.03 Å². The van der Waals surface area contributed by atoms with E-state index in [2.05, 4.69) is 10.6 Å². The Balaban J connectivity index is 1.50. The average molecular weight is 483 g/mol. The number of fused-ring (bicyclic) bond motifs is 1. The summed E-state index contributed by atoms with van der Waals surface area (Å²) in [7, 11) is 0. The molecule has 1 atom stereocenters. The van der Waals surface area contributed by atoms with E-state index in [1.54, 1.807) is 62.4 Å². The van der Waals surface area contributed by atoms with Gasteiger partial charge in [0.05, 0.1) is 11.4 Å². The van der Waals surface area contributed by atoms with Gasteiger partial charge in [-0.1, -0.05) is 72.8 Å². The number of nitrogens with one attached hydrogen (secondary N) is 2. The molecule has 2 N–H and O–H groups in total. The summed E-state index contributed by atoms with van der Waals surface area (Å²) in [5, 5.41) is 5.69. The molecule has 2 heterocycles. The number of para-hydroxylation sites is 2. The standard InChI is InChI=1S/C28H26N4O4/c1-27(2)24(34)29-21-15-9-10-16-22(21)32(27)23(33)18-31-25(35)28(30-26(31)36,20-13-7-4-8-14-20)17-19-11-5-3-6-12-19/h3-16H,17-18H2,1-2H3,(H,29,34)(H,30,36)/t28-/m0/s1. The molecule has 0 bridgehead atoms. The molecule has 36 heavy (non-hydrogen) atoms. The number of carbonyl (C=O) groups excluding carboxylic acids is 4. The molecule has 5 amide bonds. The van der Waals surface area contributed by atoms with Crippen LogP contribution in [-0.4, -0.2) is 40.7 Å². The first-order valence-electron chi connectivity index (χ1n) is 11.7. The second-order valence-electron chi connectivity index (χ2n) is 9.51. The Hall–Kier alpha value is -4.46. The van der Waals surface area contributed by atoms with Crippen LogP contribution in [0.3, 0.4) is 0 Å². The Morgan fingerprint density at radius 1 is 0.833 bits per heavy atom. The lowest BCUT2D eigenvalue weighted by Crippen LogP contribution is -2.60. The van der Waals surface area contributed by atoms with Crippen LogP contribution in [0.15, 0.2) is 84.9 Å². The van der Waals surface area contributed by atoms with Gasteiger partial charge in [0.1, 0.15) is 12.1 Å². The van der Waals surface area contributed by atoms with Crippen molar-refractivity contribution in [2.24, 2.45) is 0 Å². The number of rotatable bonds is 5. The molecular weight excluding hydrogens is 456 g/mol. The van der Waals surface area contributed by atoms with Crippen molar-refractivity contribution in [3.05, 3.63) is 96.1 Å². The largest absolute Gasteiger partial charge is 0.325 e. The van der Waals surface area contributed by atoms with E-state index in [0.717, 1.165) is 10.5 Å². The number of carbonyl (C=O) groups is 4. The van der Waals surface area contributed by atoms with Crippen LogP contribution in [0.1, 0.15) is 25.0 Å². The van der Waals surface area contributed by atoms with Gasteiger partial charge < -0.3 is 10.6 Å². The number of nitrogens with zero attached hydrogens (tertiary/aromatic N) is 2. The Bertz CT molecular complexity index is 1360. The molecule has 2 aliphatic heterocycles. The average Bonchev–Trinajstić information content (AvgIpc) is 3.10. The third-order valence-corrected chi connectivity index (χ3v) is 6.81. The molecule has 8 heteroatoms. The van der Waals surface area contributed by atoms with Gasteiger partial charge in [-0.15, -0.1) is 0 Å². The van der Waals surface area contributed by atoms with Crippen molar-refractivity contribution >= 4 is 35.1 Å². The number of amides is 5. The highest BCUT2D eigenvalue weighted by Gasteiger charge is 2.54. The maximum absolute atomic E-state index is 13.9. The molecule has 1 fully saturated rings. The smallest absolute Gasteiger partial charge is 0.322 e. The summed E-state index contributed by atoms with van der Waals surface area (Å²) in [5.41, 5.74) is -0.0678. The van der Waals surface area contributed by atoms with Crippen molar-refractivity contribution in [3.63, 3.8) is 0 Å². The van der Waals surface area contributed by atoms with Crippen molar-refractivity contribution in [1.29, 1.82) is 0 Å². The summed E-state index contributed by atoms with van der Waals surface area (Å²) in [5.74, 6) is -1.40. The maximum Gasteiger partial charge on any atom is 0.325 e. The highest BCUT2D eigenvalue weighted by molar-refractivity contribution is 6.16. The molecule has 0 aromatic heterocycles. The zero-order valence-corrected chi connectivity index (χ0v) is 20.0. The van der Waals surface area contributed by atoms with Crippen LogP contribution in [0.4, 0.5) is 16.2 Å². The zero-order valence-electron chi connectivity index (χ0n) is 20.0. The normalized spacial score (nSPS) is 20.6. The lowest BCUT2D eigenvalue weighted by Gasteiger charge is -2.42. The molecule has 5 rings (SSSR count). The molecule has 0 spiro atoms. The van der Waals surface area contributed by atoms with Crippen LogP contribution in [0.2, 0.25) is 0 Å². The predicted molar refractivity (Wildman–Crippen MR) is 135 cm³/mol. The van der Waals surface area contributed by atoms with Gasteiger partial charge in [-0.05, 0) is 37.1 Å². The number of hydrogen-bond donors (Lipinski definition) is 2. The van der Waals surface area contributed by atoms with Crippen LogP contribution in [-0.2, 0) is 26.3 Å². The molecule has 1 saturated heterocycles. The highest BCUT2D eigenvalue weighted by Crippen LogP contribution is 2.38. The summed E-state index contributed by atoms with van der Waals surface area (Å²) < 4.78 is 0. The summed E-state index contributed by atoms with van der Waals surface area (Å²) in [6.07, 6.45) is 0.230. The molecular formula is C28H26N4O4. The third-order valence-electron chi connectivity index (χ3n) is 6.81. The Labute approximate surface area is 208 Å². The minimum atomic E-state index is -1.35.